The van der Waals surface area contributed by atoms with Crippen LogP contribution in [0.2, 0.25) is 0 Å². The van der Waals surface area contributed by atoms with Crippen molar-refractivity contribution in [3.05, 3.63) is 23.8 Å². The average Bonchev–Trinajstić information content (AvgIpc) is 3.02. The average molecular weight is 289 g/mol. The molecule has 1 amide bonds. The van der Waals surface area contributed by atoms with Crippen LogP contribution >= 0.6 is 0 Å². The van der Waals surface area contributed by atoms with Crippen molar-refractivity contribution in [2.24, 2.45) is 5.92 Å². The van der Waals surface area contributed by atoms with E-state index in [-0.39, 0.29) is 17.8 Å². The topological polar surface area (TPSA) is 101 Å². The minimum absolute atomic E-state index is 0.0506. The fourth-order valence-corrected chi connectivity index (χ4v) is 2.68. The molecule has 3 heterocycles. The summed E-state index contributed by atoms with van der Waals surface area (Å²) in [5.41, 5.74) is 0.824. The number of carbonyl (C=O) groups is 2. The molecule has 0 aliphatic carbocycles. The van der Waals surface area contributed by atoms with Gasteiger partial charge in [0.15, 0.2) is 0 Å². The number of hydrogen-bond donors (Lipinski definition) is 1. The van der Waals surface area contributed by atoms with Crippen LogP contribution in [0.15, 0.2) is 12.3 Å². The highest BCUT2D eigenvalue weighted by Gasteiger charge is 2.39. The van der Waals surface area contributed by atoms with Crippen LogP contribution in [0.4, 0.5) is 0 Å². The summed E-state index contributed by atoms with van der Waals surface area (Å²) >= 11 is 0. The second kappa shape index (κ2) is 4.80. The van der Waals surface area contributed by atoms with Crippen LogP contribution in [-0.4, -0.2) is 54.1 Å². The molecule has 0 saturated carbocycles. The lowest BCUT2D eigenvalue weighted by Crippen LogP contribution is -2.38. The van der Waals surface area contributed by atoms with Gasteiger partial charge < -0.3 is 10.0 Å². The van der Waals surface area contributed by atoms with E-state index in [1.807, 2.05) is 6.92 Å². The first kappa shape index (κ1) is 13.5. The molecule has 1 saturated heterocycles. The number of likely N-dealkylation sites (tertiary alicyclic amines) is 1. The normalized spacial score (nSPS) is 21.9. The summed E-state index contributed by atoms with van der Waals surface area (Å²) in [6, 6.07) is 1.41. The second-order valence-electron chi connectivity index (χ2n) is 5.21. The largest absolute Gasteiger partial charge is 0.481 e. The second-order valence-corrected chi connectivity index (χ2v) is 5.21. The molecule has 2 aromatic heterocycles. The van der Waals surface area contributed by atoms with E-state index in [0.717, 1.165) is 5.69 Å². The lowest BCUT2D eigenvalue weighted by Gasteiger charge is -2.21. The van der Waals surface area contributed by atoms with Gasteiger partial charge in [0.05, 0.1) is 5.92 Å². The molecular weight excluding hydrogens is 274 g/mol. The van der Waals surface area contributed by atoms with E-state index < -0.39 is 11.9 Å². The van der Waals surface area contributed by atoms with Crippen molar-refractivity contribution < 1.29 is 14.7 Å². The third-order valence-electron chi connectivity index (χ3n) is 3.95. The quantitative estimate of drug-likeness (QED) is 0.857. The van der Waals surface area contributed by atoms with E-state index in [9.17, 15) is 9.59 Å². The molecule has 1 fully saturated rings. The van der Waals surface area contributed by atoms with Gasteiger partial charge in [-0.15, -0.1) is 5.10 Å². The van der Waals surface area contributed by atoms with E-state index >= 15 is 0 Å². The van der Waals surface area contributed by atoms with Gasteiger partial charge in [0.25, 0.3) is 11.7 Å². The van der Waals surface area contributed by atoms with E-state index in [4.69, 9.17) is 5.11 Å². The number of carboxylic acids is 1. The van der Waals surface area contributed by atoms with E-state index in [0.29, 0.717) is 18.7 Å². The third-order valence-corrected chi connectivity index (χ3v) is 3.95. The molecular formula is C13H15N5O3. The monoisotopic (exact) mass is 289 g/mol. The van der Waals surface area contributed by atoms with Gasteiger partial charge in [-0.3, -0.25) is 9.59 Å². The zero-order chi connectivity index (χ0) is 15.1. The molecule has 2 unspecified atom stereocenters. The molecule has 0 aromatic carbocycles. The molecule has 110 valence electrons. The first-order valence-corrected chi connectivity index (χ1v) is 6.71. The number of carbonyl (C=O) groups excluding carboxylic acids is 1. The van der Waals surface area contributed by atoms with E-state index in [2.05, 4.69) is 15.1 Å². The van der Waals surface area contributed by atoms with Crippen LogP contribution in [0.25, 0.3) is 5.78 Å². The lowest BCUT2D eigenvalue weighted by molar-refractivity contribution is -0.142. The number of aromatic nitrogens is 4. The Labute approximate surface area is 120 Å². The Morgan fingerprint density at radius 2 is 2.19 bits per heavy atom. The molecule has 0 spiro atoms. The maximum Gasteiger partial charge on any atom is 0.308 e. The highest BCUT2D eigenvalue weighted by Crippen LogP contribution is 2.25. The first-order valence-electron chi connectivity index (χ1n) is 6.71. The van der Waals surface area contributed by atoms with Crippen LogP contribution in [0.1, 0.15) is 29.7 Å². The van der Waals surface area contributed by atoms with Crippen molar-refractivity contribution in [2.75, 3.05) is 6.54 Å². The van der Waals surface area contributed by atoms with Gasteiger partial charge in [-0.2, -0.15) is 4.98 Å². The van der Waals surface area contributed by atoms with Gasteiger partial charge in [0.2, 0.25) is 5.82 Å². The Hall–Kier alpha value is -2.51. The molecule has 1 N–H and O–H groups in total. The van der Waals surface area contributed by atoms with E-state index in [1.54, 1.807) is 19.2 Å². The van der Waals surface area contributed by atoms with Crippen molar-refractivity contribution in [3.63, 3.8) is 0 Å². The van der Waals surface area contributed by atoms with Crippen LogP contribution in [0, 0.1) is 12.8 Å². The number of hydrogen-bond acceptors (Lipinski definition) is 5. The van der Waals surface area contributed by atoms with Crippen molar-refractivity contribution in [1.82, 2.24) is 24.5 Å². The Kier molecular flexibility index (Phi) is 3.08. The molecule has 2 atom stereocenters. The maximum absolute atomic E-state index is 12.5. The highest BCUT2D eigenvalue weighted by atomic mass is 16.4. The number of rotatable bonds is 2. The molecule has 1 aliphatic rings. The summed E-state index contributed by atoms with van der Waals surface area (Å²) in [6.07, 6.45) is 2.05. The molecule has 0 radical (unpaired) electrons. The molecule has 3 rings (SSSR count). The molecule has 21 heavy (non-hydrogen) atoms. The van der Waals surface area contributed by atoms with Crippen molar-refractivity contribution in [3.8, 4) is 0 Å². The Balaban J connectivity index is 1.91. The third kappa shape index (κ3) is 2.12. The van der Waals surface area contributed by atoms with Crippen LogP contribution in [0.3, 0.4) is 0 Å². The van der Waals surface area contributed by atoms with Crippen molar-refractivity contribution in [2.45, 2.75) is 26.3 Å². The van der Waals surface area contributed by atoms with E-state index in [1.165, 1.54) is 9.42 Å². The van der Waals surface area contributed by atoms with Crippen molar-refractivity contribution >= 4 is 17.7 Å². The van der Waals surface area contributed by atoms with Gasteiger partial charge in [0.1, 0.15) is 0 Å². The number of fused-ring (bicyclic) bond motifs is 1. The zero-order valence-corrected chi connectivity index (χ0v) is 11.7. The summed E-state index contributed by atoms with van der Waals surface area (Å²) < 4.78 is 1.50. The fraction of sp³-hybridized carbons (Fsp3) is 0.462. The smallest absolute Gasteiger partial charge is 0.308 e. The Morgan fingerprint density at radius 3 is 2.81 bits per heavy atom. The summed E-state index contributed by atoms with van der Waals surface area (Å²) in [4.78, 5) is 33.3. The van der Waals surface area contributed by atoms with Gasteiger partial charge in [-0.1, -0.05) is 0 Å². The minimum Gasteiger partial charge on any atom is -0.481 e. The number of amides is 1. The van der Waals surface area contributed by atoms with Crippen LogP contribution in [0.5, 0.6) is 0 Å². The van der Waals surface area contributed by atoms with Gasteiger partial charge in [-0.25, -0.2) is 9.50 Å². The summed E-state index contributed by atoms with van der Waals surface area (Å²) in [5, 5.41) is 13.3. The Bertz CT molecular complexity index is 726. The standard InChI is InChI=1S/C13H15N5O3/c1-7-3-5-14-13-15-10(16-18(7)13)11(19)17-6-4-9(8(17)2)12(20)21/h3,5,8-9H,4,6H2,1-2H3,(H,20,21). The van der Waals surface area contributed by atoms with Crippen molar-refractivity contribution in [1.29, 1.82) is 0 Å². The van der Waals surface area contributed by atoms with Crippen LogP contribution in [-0.2, 0) is 4.79 Å². The predicted molar refractivity (Wildman–Crippen MR) is 71.8 cm³/mol. The van der Waals surface area contributed by atoms with Gasteiger partial charge in [-0.05, 0) is 26.3 Å². The highest BCUT2D eigenvalue weighted by molar-refractivity contribution is 5.92. The first-order chi connectivity index (χ1) is 9.99. The van der Waals surface area contributed by atoms with Crippen LogP contribution < -0.4 is 0 Å². The summed E-state index contributed by atoms with van der Waals surface area (Å²) in [7, 11) is 0. The summed E-state index contributed by atoms with van der Waals surface area (Å²) in [6.45, 7) is 3.98. The van der Waals surface area contributed by atoms with Gasteiger partial charge >= 0.3 is 5.97 Å². The SMILES string of the molecule is Cc1ccnc2nc(C(=O)N3CCC(C(=O)O)C3C)nn12. The lowest BCUT2D eigenvalue weighted by atomic mass is 10.0. The molecule has 8 nitrogen and oxygen atoms in total. The number of nitrogens with zero attached hydrogens (tertiary/aromatic N) is 5. The fourth-order valence-electron chi connectivity index (χ4n) is 2.68. The van der Waals surface area contributed by atoms with Gasteiger partial charge in [0, 0.05) is 24.5 Å². The molecule has 2 aromatic rings. The number of carboxylic acid groups (broad SMARTS) is 1. The predicted octanol–water partition coefficient (Wildman–Crippen LogP) is 0.368. The molecule has 8 heteroatoms. The maximum atomic E-state index is 12.5. The molecule has 1 aliphatic heterocycles. The molecule has 0 bridgehead atoms. The number of aliphatic carboxylic acids is 1. The zero-order valence-electron chi connectivity index (χ0n) is 11.7. The summed E-state index contributed by atoms with van der Waals surface area (Å²) in [5.74, 6) is -1.35. The number of aryl methyl sites for hydroxylation is 1. The Morgan fingerprint density at radius 1 is 1.43 bits per heavy atom. The minimum atomic E-state index is -0.877.